The highest BCUT2D eigenvalue weighted by atomic mass is 15.2. The van der Waals surface area contributed by atoms with E-state index in [9.17, 15) is 0 Å². The highest BCUT2D eigenvalue weighted by molar-refractivity contribution is 5.90. The summed E-state index contributed by atoms with van der Waals surface area (Å²) in [4.78, 5) is 20.2. The van der Waals surface area contributed by atoms with Gasteiger partial charge in [0, 0.05) is 49.2 Å². The van der Waals surface area contributed by atoms with Crippen LogP contribution in [0.4, 0.5) is 5.82 Å². The Morgan fingerprint density at radius 3 is 2.70 bits per heavy atom. The number of nitrogens with one attached hydrogen (secondary N) is 1. The largest absolute Gasteiger partial charge is 0.355 e. The number of aromatic nitrogens is 4. The first-order valence-electron chi connectivity index (χ1n) is 7.90. The Morgan fingerprint density at radius 1 is 0.913 bits per heavy atom. The molecule has 23 heavy (non-hydrogen) atoms. The van der Waals surface area contributed by atoms with Gasteiger partial charge in [-0.3, -0.25) is 9.97 Å². The van der Waals surface area contributed by atoms with Gasteiger partial charge >= 0.3 is 0 Å². The summed E-state index contributed by atoms with van der Waals surface area (Å²) in [6.07, 6.45) is 8.25. The molecule has 1 N–H and O–H groups in total. The maximum atomic E-state index is 4.87. The zero-order chi connectivity index (χ0) is 15.5. The summed E-state index contributed by atoms with van der Waals surface area (Å²) in [5.41, 5.74) is 1.85. The molecule has 1 aliphatic heterocycles. The van der Waals surface area contributed by atoms with Gasteiger partial charge in [0.2, 0.25) is 0 Å². The van der Waals surface area contributed by atoms with Gasteiger partial charge in [0.25, 0.3) is 0 Å². The molecule has 0 bridgehead atoms. The van der Waals surface area contributed by atoms with E-state index in [0.717, 1.165) is 60.7 Å². The van der Waals surface area contributed by atoms with Gasteiger partial charge in [-0.2, -0.15) is 0 Å². The average Bonchev–Trinajstić information content (AvgIpc) is 2.91. The average molecular weight is 306 g/mol. The molecule has 3 aromatic rings. The summed E-state index contributed by atoms with van der Waals surface area (Å²) in [7, 11) is 0. The number of hydrogen-bond donors (Lipinski definition) is 1. The Bertz CT molecular complexity index is 797. The third-order valence-corrected chi connectivity index (χ3v) is 4.06. The lowest BCUT2D eigenvalue weighted by Crippen LogP contribution is -2.29. The third-order valence-electron chi connectivity index (χ3n) is 4.06. The zero-order valence-corrected chi connectivity index (χ0v) is 12.8. The van der Waals surface area contributed by atoms with E-state index in [0.29, 0.717) is 0 Å². The minimum Gasteiger partial charge on any atom is -0.355 e. The third kappa shape index (κ3) is 2.85. The molecule has 0 amide bonds. The van der Waals surface area contributed by atoms with Crippen LogP contribution >= 0.6 is 0 Å². The molecule has 0 atom stereocenters. The van der Waals surface area contributed by atoms with Crippen LogP contribution in [0.15, 0.2) is 43.0 Å². The van der Waals surface area contributed by atoms with Crippen molar-refractivity contribution in [2.45, 2.75) is 6.42 Å². The molecule has 0 aliphatic carbocycles. The first-order valence-corrected chi connectivity index (χ1v) is 7.90. The van der Waals surface area contributed by atoms with E-state index >= 15 is 0 Å². The fraction of sp³-hybridized carbons (Fsp3) is 0.294. The number of anilines is 1. The highest BCUT2D eigenvalue weighted by Gasteiger charge is 2.16. The molecule has 0 saturated carbocycles. The van der Waals surface area contributed by atoms with Gasteiger partial charge < -0.3 is 10.2 Å². The summed E-state index contributed by atoms with van der Waals surface area (Å²) in [5, 5.41) is 4.49. The van der Waals surface area contributed by atoms with E-state index in [-0.39, 0.29) is 0 Å². The van der Waals surface area contributed by atoms with Gasteiger partial charge in [0.1, 0.15) is 5.82 Å². The van der Waals surface area contributed by atoms with Crippen molar-refractivity contribution in [2.75, 3.05) is 31.1 Å². The fourth-order valence-electron chi connectivity index (χ4n) is 2.89. The summed E-state index contributed by atoms with van der Waals surface area (Å²) >= 11 is 0. The van der Waals surface area contributed by atoms with Gasteiger partial charge in [0.15, 0.2) is 5.82 Å². The maximum Gasteiger partial charge on any atom is 0.162 e. The van der Waals surface area contributed by atoms with Crippen LogP contribution in [0, 0.1) is 0 Å². The summed E-state index contributed by atoms with van der Waals surface area (Å²) in [6.45, 7) is 3.97. The molecule has 1 saturated heterocycles. The van der Waals surface area contributed by atoms with E-state index in [2.05, 4.69) is 25.2 Å². The quantitative estimate of drug-likeness (QED) is 0.780. The lowest BCUT2D eigenvalue weighted by Gasteiger charge is -2.23. The molecule has 6 nitrogen and oxygen atoms in total. The van der Waals surface area contributed by atoms with Crippen molar-refractivity contribution in [3.8, 4) is 11.4 Å². The fourth-order valence-corrected chi connectivity index (χ4v) is 2.89. The van der Waals surface area contributed by atoms with Gasteiger partial charge in [-0.25, -0.2) is 9.97 Å². The molecule has 1 fully saturated rings. The second-order valence-corrected chi connectivity index (χ2v) is 5.59. The zero-order valence-electron chi connectivity index (χ0n) is 12.8. The first-order chi connectivity index (χ1) is 11.4. The van der Waals surface area contributed by atoms with E-state index < -0.39 is 0 Å². The van der Waals surface area contributed by atoms with Crippen LogP contribution in [0.1, 0.15) is 6.42 Å². The van der Waals surface area contributed by atoms with E-state index in [4.69, 9.17) is 4.98 Å². The predicted molar refractivity (Wildman–Crippen MR) is 90.3 cm³/mol. The lowest BCUT2D eigenvalue weighted by molar-refractivity contribution is 0.724. The Labute approximate surface area is 134 Å². The molecule has 6 heteroatoms. The topological polar surface area (TPSA) is 66.8 Å². The number of hydrogen-bond acceptors (Lipinski definition) is 6. The van der Waals surface area contributed by atoms with Crippen molar-refractivity contribution in [3.05, 3.63) is 43.0 Å². The normalized spacial score (nSPS) is 15.6. The Hall–Kier alpha value is -2.60. The first kappa shape index (κ1) is 14.0. The van der Waals surface area contributed by atoms with Gasteiger partial charge in [0.05, 0.1) is 11.7 Å². The summed E-state index contributed by atoms with van der Waals surface area (Å²) in [5.74, 6) is 1.72. The van der Waals surface area contributed by atoms with Gasteiger partial charge in [-0.15, -0.1) is 0 Å². The van der Waals surface area contributed by atoms with Crippen molar-refractivity contribution in [2.24, 2.45) is 0 Å². The van der Waals surface area contributed by atoms with Crippen molar-refractivity contribution in [1.82, 2.24) is 25.3 Å². The van der Waals surface area contributed by atoms with E-state index in [1.807, 2.05) is 18.2 Å². The van der Waals surface area contributed by atoms with E-state index in [1.165, 1.54) is 0 Å². The van der Waals surface area contributed by atoms with Crippen LogP contribution in [-0.2, 0) is 0 Å². The molecule has 4 heterocycles. The predicted octanol–water partition coefficient (Wildman–Crippen LogP) is 1.89. The maximum absolute atomic E-state index is 4.87. The number of nitrogens with zero attached hydrogens (tertiary/aromatic N) is 5. The Balaban J connectivity index is 1.87. The van der Waals surface area contributed by atoms with Crippen LogP contribution in [0.5, 0.6) is 0 Å². The van der Waals surface area contributed by atoms with Crippen molar-refractivity contribution >= 4 is 16.7 Å². The monoisotopic (exact) mass is 306 g/mol. The van der Waals surface area contributed by atoms with Gasteiger partial charge in [-0.05, 0) is 31.2 Å². The molecule has 4 rings (SSSR count). The molecule has 116 valence electrons. The molecule has 0 radical (unpaired) electrons. The standard InChI is InChI=1S/C17H18N6/c1-5-18-9-11-23(10-1)17-14-4-8-20-12-15(14)21-16(22-17)13-2-6-19-7-3-13/h2-4,6-8,12,18H,1,5,9-11H2. The molecular weight excluding hydrogens is 288 g/mol. The summed E-state index contributed by atoms with van der Waals surface area (Å²) in [6, 6.07) is 5.87. The number of fused-ring (bicyclic) bond motifs is 1. The molecule has 1 aliphatic rings. The van der Waals surface area contributed by atoms with Crippen LogP contribution in [0.2, 0.25) is 0 Å². The summed E-state index contributed by atoms with van der Waals surface area (Å²) < 4.78 is 0. The van der Waals surface area contributed by atoms with Crippen molar-refractivity contribution < 1.29 is 0 Å². The Morgan fingerprint density at radius 2 is 1.78 bits per heavy atom. The molecule has 0 unspecified atom stereocenters. The minimum absolute atomic E-state index is 0.722. The second kappa shape index (κ2) is 6.26. The highest BCUT2D eigenvalue weighted by Crippen LogP contribution is 2.27. The van der Waals surface area contributed by atoms with Crippen molar-refractivity contribution in [1.29, 1.82) is 0 Å². The van der Waals surface area contributed by atoms with Gasteiger partial charge in [-0.1, -0.05) is 0 Å². The van der Waals surface area contributed by atoms with E-state index in [1.54, 1.807) is 24.8 Å². The number of pyridine rings is 2. The Kier molecular flexibility index (Phi) is 3.81. The van der Waals surface area contributed by atoms with Crippen LogP contribution in [0.25, 0.3) is 22.3 Å². The van der Waals surface area contributed by atoms with Crippen LogP contribution in [-0.4, -0.2) is 46.1 Å². The molecule has 0 spiro atoms. The van der Waals surface area contributed by atoms with Crippen LogP contribution < -0.4 is 10.2 Å². The molecule has 0 aromatic carbocycles. The smallest absolute Gasteiger partial charge is 0.162 e. The minimum atomic E-state index is 0.722. The molecular formula is C17H18N6. The number of rotatable bonds is 2. The second-order valence-electron chi connectivity index (χ2n) is 5.59. The van der Waals surface area contributed by atoms with Crippen LogP contribution in [0.3, 0.4) is 0 Å². The lowest BCUT2D eigenvalue weighted by atomic mass is 10.2. The molecule has 3 aromatic heterocycles. The SMILES string of the molecule is c1cc(-c2nc(N3CCCNCC3)c3ccncc3n2)ccn1. The van der Waals surface area contributed by atoms with Crippen molar-refractivity contribution in [3.63, 3.8) is 0 Å².